The standard InChI is InChI=1S/C14H27NO3/c1-12(2,3)17-8-11(16)15-9-13(4,5)18-14(6,7)10-15/h8-10H2,1-7H3. The molecule has 1 rings (SSSR count). The molecule has 106 valence electrons. The molecule has 1 heterocycles. The minimum Gasteiger partial charge on any atom is -0.366 e. The summed E-state index contributed by atoms with van der Waals surface area (Å²) in [5.74, 6) is 0.0365. The number of amides is 1. The van der Waals surface area contributed by atoms with Gasteiger partial charge in [-0.1, -0.05) is 0 Å². The lowest BCUT2D eigenvalue weighted by Gasteiger charge is -2.47. The molecular formula is C14H27NO3. The zero-order valence-corrected chi connectivity index (χ0v) is 12.8. The maximum atomic E-state index is 12.2. The number of hydrogen-bond donors (Lipinski definition) is 0. The second-order valence-electron chi connectivity index (χ2n) is 7.27. The van der Waals surface area contributed by atoms with Crippen molar-refractivity contribution in [2.45, 2.75) is 65.3 Å². The zero-order chi connectivity index (χ0) is 14.2. The minimum absolute atomic E-state index is 0.0365. The Morgan fingerprint density at radius 3 is 2.00 bits per heavy atom. The van der Waals surface area contributed by atoms with Gasteiger partial charge in [0.25, 0.3) is 0 Å². The molecule has 0 aromatic carbocycles. The van der Waals surface area contributed by atoms with Gasteiger partial charge in [-0.25, -0.2) is 0 Å². The molecule has 1 aliphatic heterocycles. The van der Waals surface area contributed by atoms with Crippen molar-refractivity contribution in [1.82, 2.24) is 4.90 Å². The average molecular weight is 257 g/mol. The van der Waals surface area contributed by atoms with Crippen molar-refractivity contribution in [3.05, 3.63) is 0 Å². The normalized spacial score (nSPS) is 22.9. The third-order valence-corrected chi connectivity index (χ3v) is 2.68. The van der Waals surface area contributed by atoms with Crippen LogP contribution in [0.5, 0.6) is 0 Å². The maximum Gasteiger partial charge on any atom is 0.248 e. The van der Waals surface area contributed by atoms with Gasteiger partial charge in [-0.05, 0) is 48.5 Å². The van der Waals surface area contributed by atoms with Gasteiger partial charge in [0.2, 0.25) is 5.91 Å². The summed E-state index contributed by atoms with van der Waals surface area (Å²) in [5, 5.41) is 0. The van der Waals surface area contributed by atoms with Crippen LogP contribution in [0.1, 0.15) is 48.5 Å². The molecule has 0 unspecified atom stereocenters. The Bertz CT molecular complexity index is 299. The molecule has 0 aromatic heterocycles. The van der Waals surface area contributed by atoms with E-state index < -0.39 is 0 Å². The SMILES string of the molecule is CC(C)(C)OCC(=O)N1CC(C)(C)OC(C)(C)C1. The molecule has 0 bridgehead atoms. The van der Waals surface area contributed by atoms with Crippen molar-refractivity contribution >= 4 is 5.91 Å². The molecule has 1 fully saturated rings. The van der Waals surface area contributed by atoms with E-state index in [4.69, 9.17) is 9.47 Å². The van der Waals surface area contributed by atoms with Gasteiger partial charge in [0, 0.05) is 13.1 Å². The molecule has 1 aliphatic rings. The Kier molecular flexibility index (Phi) is 4.13. The van der Waals surface area contributed by atoms with Crippen molar-refractivity contribution in [3.63, 3.8) is 0 Å². The number of hydrogen-bond acceptors (Lipinski definition) is 3. The van der Waals surface area contributed by atoms with Crippen molar-refractivity contribution in [3.8, 4) is 0 Å². The van der Waals surface area contributed by atoms with Crippen LogP contribution >= 0.6 is 0 Å². The van der Waals surface area contributed by atoms with Crippen LogP contribution in [0.25, 0.3) is 0 Å². The lowest BCUT2D eigenvalue weighted by molar-refractivity contribution is -0.191. The number of nitrogens with zero attached hydrogens (tertiary/aromatic N) is 1. The Labute approximate surface area is 111 Å². The summed E-state index contributed by atoms with van der Waals surface area (Å²) in [4.78, 5) is 14.0. The number of morpholine rings is 1. The Hall–Kier alpha value is -0.610. The molecule has 18 heavy (non-hydrogen) atoms. The van der Waals surface area contributed by atoms with Crippen molar-refractivity contribution in [1.29, 1.82) is 0 Å². The first kappa shape index (κ1) is 15.4. The van der Waals surface area contributed by atoms with Gasteiger partial charge in [0.1, 0.15) is 6.61 Å². The van der Waals surface area contributed by atoms with Gasteiger partial charge in [0.05, 0.1) is 16.8 Å². The van der Waals surface area contributed by atoms with Crippen LogP contribution in [-0.2, 0) is 14.3 Å². The van der Waals surface area contributed by atoms with E-state index in [2.05, 4.69) is 0 Å². The van der Waals surface area contributed by atoms with Crippen molar-refractivity contribution < 1.29 is 14.3 Å². The van der Waals surface area contributed by atoms with Crippen LogP contribution in [0.15, 0.2) is 0 Å². The molecular weight excluding hydrogens is 230 g/mol. The topological polar surface area (TPSA) is 38.8 Å². The summed E-state index contributed by atoms with van der Waals surface area (Å²) < 4.78 is 11.5. The fraction of sp³-hybridized carbons (Fsp3) is 0.929. The molecule has 4 heteroatoms. The summed E-state index contributed by atoms with van der Waals surface area (Å²) in [6.45, 7) is 15.3. The van der Waals surface area contributed by atoms with E-state index in [0.717, 1.165) is 0 Å². The van der Waals surface area contributed by atoms with Crippen LogP contribution in [0, 0.1) is 0 Å². The minimum atomic E-state index is -0.306. The molecule has 0 N–H and O–H groups in total. The summed E-state index contributed by atoms with van der Waals surface area (Å²) in [5.41, 5.74) is -0.898. The third-order valence-electron chi connectivity index (χ3n) is 2.68. The highest BCUT2D eigenvalue weighted by molar-refractivity contribution is 5.77. The molecule has 0 saturated carbocycles. The van der Waals surface area contributed by atoms with Gasteiger partial charge < -0.3 is 14.4 Å². The summed E-state index contributed by atoms with van der Waals surface area (Å²) in [6, 6.07) is 0. The van der Waals surface area contributed by atoms with Gasteiger partial charge in [-0.3, -0.25) is 4.79 Å². The first-order valence-corrected chi connectivity index (χ1v) is 6.52. The van der Waals surface area contributed by atoms with Gasteiger partial charge >= 0.3 is 0 Å². The largest absolute Gasteiger partial charge is 0.366 e. The maximum absolute atomic E-state index is 12.2. The summed E-state index contributed by atoms with van der Waals surface area (Å²) in [6.07, 6.45) is 0. The second-order valence-corrected chi connectivity index (χ2v) is 7.27. The van der Waals surface area contributed by atoms with E-state index in [-0.39, 0.29) is 29.3 Å². The smallest absolute Gasteiger partial charge is 0.248 e. The Balaban J connectivity index is 2.63. The van der Waals surface area contributed by atoms with Gasteiger partial charge in [-0.2, -0.15) is 0 Å². The molecule has 0 atom stereocenters. The lowest BCUT2D eigenvalue weighted by Crippen LogP contribution is -2.59. The number of carbonyl (C=O) groups excluding carboxylic acids is 1. The van der Waals surface area contributed by atoms with Crippen LogP contribution in [0.3, 0.4) is 0 Å². The van der Waals surface area contributed by atoms with E-state index in [0.29, 0.717) is 13.1 Å². The quantitative estimate of drug-likeness (QED) is 0.761. The average Bonchev–Trinajstić information content (AvgIpc) is 2.07. The van der Waals surface area contributed by atoms with E-state index in [1.54, 1.807) is 0 Å². The summed E-state index contributed by atoms with van der Waals surface area (Å²) >= 11 is 0. The molecule has 0 spiro atoms. The first-order chi connectivity index (χ1) is 7.90. The fourth-order valence-corrected chi connectivity index (χ4v) is 2.33. The van der Waals surface area contributed by atoms with Crippen molar-refractivity contribution in [2.75, 3.05) is 19.7 Å². The second kappa shape index (κ2) is 4.82. The van der Waals surface area contributed by atoms with Crippen LogP contribution in [-0.4, -0.2) is 47.3 Å². The van der Waals surface area contributed by atoms with Crippen LogP contribution in [0.2, 0.25) is 0 Å². The fourth-order valence-electron chi connectivity index (χ4n) is 2.33. The number of rotatable bonds is 2. The van der Waals surface area contributed by atoms with E-state index in [1.807, 2.05) is 53.4 Å². The van der Waals surface area contributed by atoms with E-state index >= 15 is 0 Å². The Morgan fingerprint density at radius 1 is 1.17 bits per heavy atom. The molecule has 0 aromatic rings. The molecule has 4 nitrogen and oxygen atoms in total. The summed E-state index contributed by atoms with van der Waals surface area (Å²) in [7, 11) is 0. The lowest BCUT2D eigenvalue weighted by atomic mass is 9.99. The molecule has 0 radical (unpaired) electrons. The van der Waals surface area contributed by atoms with Crippen molar-refractivity contribution in [2.24, 2.45) is 0 Å². The van der Waals surface area contributed by atoms with Gasteiger partial charge in [0.15, 0.2) is 0 Å². The monoisotopic (exact) mass is 257 g/mol. The van der Waals surface area contributed by atoms with Crippen LogP contribution in [0.4, 0.5) is 0 Å². The molecule has 0 aliphatic carbocycles. The first-order valence-electron chi connectivity index (χ1n) is 6.52. The zero-order valence-electron chi connectivity index (χ0n) is 12.8. The molecule has 1 amide bonds. The van der Waals surface area contributed by atoms with E-state index in [1.165, 1.54) is 0 Å². The highest BCUT2D eigenvalue weighted by Gasteiger charge is 2.39. The highest BCUT2D eigenvalue weighted by Crippen LogP contribution is 2.28. The van der Waals surface area contributed by atoms with Gasteiger partial charge in [-0.15, -0.1) is 0 Å². The predicted molar refractivity (Wildman–Crippen MR) is 71.5 cm³/mol. The highest BCUT2D eigenvalue weighted by atomic mass is 16.5. The predicted octanol–water partition coefficient (Wildman–Crippen LogP) is 2.22. The number of ether oxygens (including phenoxy) is 2. The van der Waals surface area contributed by atoms with E-state index in [9.17, 15) is 4.79 Å². The molecule has 1 saturated heterocycles. The Morgan fingerprint density at radius 2 is 1.61 bits per heavy atom. The van der Waals surface area contributed by atoms with Crippen LogP contribution < -0.4 is 0 Å². The number of carbonyl (C=O) groups is 1. The third kappa shape index (κ3) is 4.94.